The first-order valence-corrected chi connectivity index (χ1v) is 14.4. The van der Waals surface area contributed by atoms with Crippen LogP contribution in [0.25, 0.3) is 11.4 Å². The van der Waals surface area contributed by atoms with E-state index in [2.05, 4.69) is 82.0 Å². The number of ether oxygens (including phenoxy) is 2. The number of rotatable bonds is 6. The summed E-state index contributed by atoms with van der Waals surface area (Å²) in [5.74, 6) is 3.13. The van der Waals surface area contributed by atoms with Crippen LogP contribution in [0.15, 0.2) is 47.0 Å². The van der Waals surface area contributed by atoms with Crippen LogP contribution in [0.3, 0.4) is 0 Å². The quantitative estimate of drug-likeness (QED) is 0.453. The van der Waals surface area contributed by atoms with Crippen LogP contribution in [-0.2, 0) is 23.3 Å². The lowest BCUT2D eigenvalue weighted by molar-refractivity contribution is -0.139. The summed E-state index contributed by atoms with van der Waals surface area (Å²) in [6.07, 6.45) is 1.93. The van der Waals surface area contributed by atoms with Crippen LogP contribution in [-0.4, -0.2) is 76.8 Å². The SMILES string of the molecule is CC(C)(C)c1ccc(-c2noc(CN3CCCC(C(=O)N4CCN(Cc5ccc6c(c5)OCO6)CC4)C3)n2)cc1. The first kappa shape index (κ1) is 26.8. The molecule has 2 fully saturated rings. The van der Waals surface area contributed by atoms with Crippen molar-refractivity contribution in [2.75, 3.05) is 46.1 Å². The van der Waals surface area contributed by atoms with E-state index in [1.807, 2.05) is 6.07 Å². The second-order valence-corrected chi connectivity index (χ2v) is 12.2. The van der Waals surface area contributed by atoms with Crippen LogP contribution >= 0.6 is 0 Å². The Morgan fingerprint density at radius 3 is 2.48 bits per heavy atom. The highest BCUT2D eigenvalue weighted by Gasteiger charge is 2.32. The Kier molecular flexibility index (Phi) is 7.51. The molecule has 1 unspecified atom stereocenters. The van der Waals surface area contributed by atoms with E-state index < -0.39 is 0 Å². The number of amides is 1. The molecule has 9 nitrogen and oxygen atoms in total. The molecular weight excluding hydrogens is 506 g/mol. The van der Waals surface area contributed by atoms with Crippen molar-refractivity contribution in [1.82, 2.24) is 24.8 Å². The average molecular weight is 546 g/mol. The van der Waals surface area contributed by atoms with Gasteiger partial charge in [0.25, 0.3) is 0 Å². The van der Waals surface area contributed by atoms with Gasteiger partial charge in [-0.1, -0.05) is 56.3 Å². The molecule has 3 aromatic rings. The standard InChI is InChI=1S/C31H39N5O4/c1-31(2,3)25-9-7-23(8-10-25)29-32-28(40-33-29)20-35-12-4-5-24(19-35)30(37)36-15-13-34(14-16-36)18-22-6-11-26-27(17-22)39-21-38-26/h6-11,17,24H,4-5,12-16,18-21H2,1-3H3. The van der Waals surface area contributed by atoms with Gasteiger partial charge in [-0.2, -0.15) is 4.98 Å². The number of fused-ring (bicyclic) bond motifs is 1. The number of piperazine rings is 1. The summed E-state index contributed by atoms with van der Waals surface area (Å²) >= 11 is 0. The maximum atomic E-state index is 13.4. The Morgan fingerprint density at radius 2 is 1.70 bits per heavy atom. The lowest BCUT2D eigenvalue weighted by atomic mass is 9.87. The molecule has 1 atom stereocenters. The van der Waals surface area contributed by atoms with Gasteiger partial charge in [-0.3, -0.25) is 14.6 Å². The monoisotopic (exact) mass is 545 g/mol. The molecule has 0 saturated carbocycles. The zero-order chi connectivity index (χ0) is 27.7. The minimum absolute atomic E-state index is 0.0153. The fraction of sp³-hybridized carbons (Fsp3) is 0.516. The topological polar surface area (TPSA) is 84.2 Å². The van der Waals surface area contributed by atoms with Gasteiger partial charge in [0.2, 0.25) is 24.4 Å². The predicted molar refractivity (Wildman–Crippen MR) is 151 cm³/mol. The van der Waals surface area contributed by atoms with Gasteiger partial charge in [0.15, 0.2) is 11.5 Å². The summed E-state index contributed by atoms with van der Waals surface area (Å²) in [4.78, 5) is 24.8. The molecule has 1 aromatic heterocycles. The second kappa shape index (κ2) is 11.2. The summed E-state index contributed by atoms with van der Waals surface area (Å²) in [6.45, 7) is 13.3. The molecule has 0 bridgehead atoms. The van der Waals surface area contributed by atoms with Crippen molar-refractivity contribution in [2.45, 2.75) is 52.1 Å². The van der Waals surface area contributed by atoms with Gasteiger partial charge in [0.1, 0.15) is 0 Å². The van der Waals surface area contributed by atoms with Gasteiger partial charge in [-0.05, 0) is 48.1 Å². The third kappa shape index (κ3) is 6.00. The molecular formula is C31H39N5O4. The van der Waals surface area contributed by atoms with E-state index >= 15 is 0 Å². The molecule has 9 heteroatoms. The lowest BCUT2D eigenvalue weighted by Gasteiger charge is -2.38. The van der Waals surface area contributed by atoms with E-state index in [1.165, 1.54) is 11.1 Å². The average Bonchev–Trinajstić information content (AvgIpc) is 3.62. The molecule has 0 spiro atoms. The summed E-state index contributed by atoms with van der Waals surface area (Å²) in [7, 11) is 0. The number of carbonyl (C=O) groups is 1. The Hall–Kier alpha value is -3.43. The summed E-state index contributed by atoms with van der Waals surface area (Å²) in [6, 6.07) is 14.5. The molecule has 1 amide bonds. The fourth-order valence-electron chi connectivity index (χ4n) is 5.83. The van der Waals surface area contributed by atoms with Crippen LogP contribution in [0.1, 0.15) is 50.6 Å². The van der Waals surface area contributed by atoms with Gasteiger partial charge < -0.3 is 18.9 Å². The molecule has 4 heterocycles. The van der Waals surface area contributed by atoms with Crippen LogP contribution in [0.5, 0.6) is 11.5 Å². The Morgan fingerprint density at radius 1 is 0.925 bits per heavy atom. The van der Waals surface area contributed by atoms with E-state index in [0.717, 1.165) is 75.7 Å². The van der Waals surface area contributed by atoms with Crippen molar-refractivity contribution < 1.29 is 18.8 Å². The molecule has 0 aliphatic carbocycles. The number of aromatic nitrogens is 2. The highest BCUT2D eigenvalue weighted by molar-refractivity contribution is 5.79. The van der Waals surface area contributed by atoms with Gasteiger partial charge in [0, 0.05) is 44.8 Å². The smallest absolute Gasteiger partial charge is 0.241 e. The Bertz CT molecular complexity index is 1320. The lowest BCUT2D eigenvalue weighted by Crippen LogP contribution is -2.52. The Balaban J connectivity index is 0.992. The van der Waals surface area contributed by atoms with Crippen molar-refractivity contribution in [1.29, 1.82) is 0 Å². The molecule has 6 rings (SSSR count). The summed E-state index contributed by atoms with van der Waals surface area (Å²) in [5.41, 5.74) is 3.53. The molecule has 40 heavy (non-hydrogen) atoms. The van der Waals surface area contributed by atoms with E-state index in [1.54, 1.807) is 0 Å². The number of piperidine rings is 1. The maximum absolute atomic E-state index is 13.4. The zero-order valence-corrected chi connectivity index (χ0v) is 23.8. The molecule has 3 aliphatic heterocycles. The van der Waals surface area contributed by atoms with Gasteiger partial charge >= 0.3 is 0 Å². The number of hydrogen-bond acceptors (Lipinski definition) is 8. The van der Waals surface area contributed by atoms with Crippen molar-refractivity contribution in [2.24, 2.45) is 5.92 Å². The Labute approximate surface area is 236 Å². The van der Waals surface area contributed by atoms with Crippen LogP contribution < -0.4 is 9.47 Å². The number of benzene rings is 2. The molecule has 0 radical (unpaired) electrons. The first-order chi connectivity index (χ1) is 19.3. The van der Waals surface area contributed by atoms with Gasteiger partial charge in [0.05, 0.1) is 12.5 Å². The molecule has 2 aromatic carbocycles. The van der Waals surface area contributed by atoms with Gasteiger partial charge in [-0.25, -0.2) is 0 Å². The number of hydrogen-bond donors (Lipinski definition) is 0. The van der Waals surface area contributed by atoms with Crippen molar-refractivity contribution in [3.63, 3.8) is 0 Å². The molecule has 3 aliphatic rings. The van der Waals surface area contributed by atoms with E-state index in [9.17, 15) is 4.79 Å². The largest absolute Gasteiger partial charge is 0.454 e. The molecule has 0 N–H and O–H groups in total. The predicted octanol–water partition coefficient (Wildman–Crippen LogP) is 4.32. The third-order valence-electron chi connectivity index (χ3n) is 8.22. The summed E-state index contributed by atoms with van der Waals surface area (Å²) in [5, 5.41) is 4.22. The van der Waals surface area contributed by atoms with Crippen molar-refractivity contribution in [3.05, 3.63) is 59.5 Å². The van der Waals surface area contributed by atoms with Crippen LogP contribution in [0.2, 0.25) is 0 Å². The number of carbonyl (C=O) groups excluding carboxylic acids is 1. The number of nitrogens with zero attached hydrogens (tertiary/aromatic N) is 5. The third-order valence-corrected chi connectivity index (χ3v) is 8.22. The highest BCUT2D eigenvalue weighted by Crippen LogP contribution is 2.33. The minimum atomic E-state index is 0.0153. The number of likely N-dealkylation sites (tertiary alicyclic amines) is 1. The molecule has 212 valence electrons. The second-order valence-electron chi connectivity index (χ2n) is 12.2. The maximum Gasteiger partial charge on any atom is 0.241 e. The van der Waals surface area contributed by atoms with Crippen LogP contribution in [0.4, 0.5) is 0 Å². The normalized spacial score (nSPS) is 20.2. The van der Waals surface area contributed by atoms with Crippen molar-refractivity contribution in [3.8, 4) is 22.9 Å². The van der Waals surface area contributed by atoms with E-state index in [4.69, 9.17) is 14.0 Å². The fourth-order valence-corrected chi connectivity index (χ4v) is 5.83. The van der Waals surface area contributed by atoms with E-state index in [0.29, 0.717) is 25.1 Å². The highest BCUT2D eigenvalue weighted by atomic mass is 16.7. The first-order valence-electron chi connectivity index (χ1n) is 14.4. The summed E-state index contributed by atoms with van der Waals surface area (Å²) < 4.78 is 16.5. The minimum Gasteiger partial charge on any atom is -0.454 e. The van der Waals surface area contributed by atoms with E-state index in [-0.39, 0.29) is 17.2 Å². The van der Waals surface area contributed by atoms with Crippen molar-refractivity contribution >= 4 is 5.91 Å². The van der Waals surface area contributed by atoms with Crippen LogP contribution in [0, 0.1) is 5.92 Å². The van der Waals surface area contributed by atoms with Gasteiger partial charge in [-0.15, -0.1) is 0 Å². The molecule has 2 saturated heterocycles. The zero-order valence-electron chi connectivity index (χ0n) is 23.8.